The lowest BCUT2D eigenvalue weighted by atomic mass is 10.0. The summed E-state index contributed by atoms with van der Waals surface area (Å²) in [6.45, 7) is 19.5. The number of nitrogens with zero attached hydrogens (tertiary/aromatic N) is 4. The van der Waals surface area contributed by atoms with Crippen LogP contribution in [-0.2, 0) is 19.1 Å². The molecular formula is C56H112N4O4. The van der Waals surface area contributed by atoms with E-state index in [1.165, 1.54) is 180 Å². The first-order valence-electron chi connectivity index (χ1n) is 28.5. The van der Waals surface area contributed by atoms with Gasteiger partial charge in [0, 0.05) is 39.3 Å². The number of esters is 2. The summed E-state index contributed by atoms with van der Waals surface area (Å²) in [4.78, 5) is 35.8. The second-order valence-corrected chi connectivity index (χ2v) is 20.4. The second kappa shape index (κ2) is 45.6. The van der Waals surface area contributed by atoms with Crippen molar-refractivity contribution in [1.29, 1.82) is 0 Å². The molecule has 0 amide bonds. The number of unbranched alkanes of at least 4 members (excludes halogenated alkanes) is 24. The molecule has 0 N–H and O–H groups in total. The summed E-state index contributed by atoms with van der Waals surface area (Å²) >= 11 is 0. The summed E-state index contributed by atoms with van der Waals surface area (Å²) in [5.41, 5.74) is 0. The van der Waals surface area contributed by atoms with Crippen molar-refractivity contribution in [2.75, 3.05) is 79.5 Å². The standard InChI is InChI=1S/C56H112N4O4/c1-7-11-15-19-23-27-31-37-53(38-32-28-24-20-16-12-8-2)63-55(61)41-47-57(5)43-35-45-59-49-51-60(52-50-59)46-36-44-58(6)48-42-56(62)64-54(39-33-29-25-21-17-13-9-3)40-34-30-26-22-18-14-10-4/h53-54H,7-52H2,1-6H3. The van der Waals surface area contributed by atoms with Gasteiger partial charge in [0.15, 0.2) is 0 Å². The molecule has 0 radical (unpaired) electrons. The molecule has 64 heavy (non-hydrogen) atoms. The van der Waals surface area contributed by atoms with Gasteiger partial charge in [0.05, 0.1) is 12.8 Å². The second-order valence-electron chi connectivity index (χ2n) is 20.4. The zero-order chi connectivity index (χ0) is 46.6. The Hall–Kier alpha value is -1.22. The zero-order valence-corrected chi connectivity index (χ0v) is 44.1. The fourth-order valence-electron chi connectivity index (χ4n) is 9.48. The molecule has 0 unspecified atom stereocenters. The molecule has 1 heterocycles. The highest BCUT2D eigenvalue weighted by Gasteiger charge is 2.19. The Morgan fingerprint density at radius 1 is 0.375 bits per heavy atom. The summed E-state index contributed by atoms with van der Waals surface area (Å²) < 4.78 is 12.2. The van der Waals surface area contributed by atoms with Crippen LogP contribution in [-0.4, -0.2) is 123 Å². The third-order valence-electron chi connectivity index (χ3n) is 14.0. The van der Waals surface area contributed by atoms with E-state index in [1.54, 1.807) is 0 Å². The molecule has 0 atom stereocenters. The molecule has 8 heteroatoms. The van der Waals surface area contributed by atoms with E-state index in [4.69, 9.17) is 9.47 Å². The Balaban J connectivity index is 2.26. The number of ether oxygens (including phenoxy) is 2. The third kappa shape index (κ3) is 38.8. The number of piperazine rings is 1. The summed E-state index contributed by atoms with van der Waals surface area (Å²) in [5, 5.41) is 0. The first-order valence-corrected chi connectivity index (χ1v) is 28.5. The maximum atomic E-state index is 13.0. The lowest BCUT2D eigenvalue weighted by molar-refractivity contribution is -0.151. The molecule has 1 fully saturated rings. The van der Waals surface area contributed by atoms with Crippen LogP contribution in [0.15, 0.2) is 0 Å². The maximum absolute atomic E-state index is 13.0. The van der Waals surface area contributed by atoms with Crippen molar-refractivity contribution in [2.45, 2.75) is 271 Å². The van der Waals surface area contributed by atoms with E-state index >= 15 is 0 Å². The van der Waals surface area contributed by atoms with Gasteiger partial charge in [0.25, 0.3) is 0 Å². The first kappa shape index (κ1) is 60.8. The molecule has 380 valence electrons. The Labute approximate surface area is 399 Å². The lowest BCUT2D eigenvalue weighted by Crippen LogP contribution is -2.47. The average molecular weight is 906 g/mol. The van der Waals surface area contributed by atoms with Crippen LogP contribution in [0.1, 0.15) is 259 Å². The highest BCUT2D eigenvalue weighted by molar-refractivity contribution is 5.70. The number of carbonyl (C=O) groups excluding carboxylic acids is 2. The third-order valence-corrected chi connectivity index (χ3v) is 14.0. The minimum absolute atomic E-state index is 0.000562. The number of hydrogen-bond acceptors (Lipinski definition) is 8. The zero-order valence-electron chi connectivity index (χ0n) is 44.1. The Kier molecular flexibility index (Phi) is 43.3. The van der Waals surface area contributed by atoms with E-state index in [0.717, 1.165) is 104 Å². The molecule has 0 aromatic heterocycles. The highest BCUT2D eigenvalue weighted by Crippen LogP contribution is 2.20. The van der Waals surface area contributed by atoms with Crippen molar-refractivity contribution in [1.82, 2.24) is 19.6 Å². The van der Waals surface area contributed by atoms with Gasteiger partial charge >= 0.3 is 11.9 Å². The van der Waals surface area contributed by atoms with Crippen molar-refractivity contribution in [3.63, 3.8) is 0 Å². The Morgan fingerprint density at radius 2 is 0.625 bits per heavy atom. The molecule has 8 nitrogen and oxygen atoms in total. The van der Waals surface area contributed by atoms with Gasteiger partial charge in [0.1, 0.15) is 12.2 Å². The quantitative estimate of drug-likeness (QED) is 0.0442. The summed E-state index contributed by atoms with van der Waals surface area (Å²) in [6, 6.07) is 0. The van der Waals surface area contributed by atoms with Gasteiger partial charge in [0.2, 0.25) is 0 Å². The van der Waals surface area contributed by atoms with Gasteiger partial charge in [-0.25, -0.2) is 0 Å². The molecule has 1 aliphatic heterocycles. The Bertz CT molecular complexity index is 893. The number of hydrogen-bond donors (Lipinski definition) is 0. The van der Waals surface area contributed by atoms with E-state index in [1.807, 2.05) is 0 Å². The normalized spacial score (nSPS) is 13.9. The smallest absolute Gasteiger partial charge is 0.307 e. The topological polar surface area (TPSA) is 65.6 Å². The lowest BCUT2D eigenvalue weighted by Gasteiger charge is -2.35. The molecular weight excluding hydrogens is 793 g/mol. The SMILES string of the molecule is CCCCCCCCCC(CCCCCCCCC)OC(=O)CCN(C)CCCN1CCN(CCCN(C)CCC(=O)OC(CCCCCCCCC)CCCCCCCCC)CC1. The Morgan fingerprint density at radius 3 is 0.891 bits per heavy atom. The first-order chi connectivity index (χ1) is 31.3. The van der Waals surface area contributed by atoms with Crippen molar-refractivity contribution in [2.24, 2.45) is 0 Å². The predicted octanol–water partition coefficient (Wildman–Crippen LogP) is 14.4. The predicted molar refractivity (Wildman–Crippen MR) is 277 cm³/mol. The van der Waals surface area contributed by atoms with Crippen LogP contribution < -0.4 is 0 Å². The van der Waals surface area contributed by atoms with Gasteiger partial charge in [-0.2, -0.15) is 0 Å². The fourth-order valence-corrected chi connectivity index (χ4v) is 9.48. The van der Waals surface area contributed by atoms with Gasteiger partial charge < -0.3 is 29.1 Å². The molecule has 0 aliphatic carbocycles. The molecule has 1 aliphatic rings. The van der Waals surface area contributed by atoms with E-state index < -0.39 is 0 Å². The minimum atomic E-state index is -0.000562. The van der Waals surface area contributed by atoms with E-state index in [0.29, 0.717) is 12.8 Å². The van der Waals surface area contributed by atoms with Crippen molar-refractivity contribution >= 4 is 11.9 Å². The van der Waals surface area contributed by atoms with Gasteiger partial charge in [-0.05, 0) is 104 Å². The molecule has 0 spiro atoms. The molecule has 1 rings (SSSR count). The van der Waals surface area contributed by atoms with Crippen LogP contribution in [0.5, 0.6) is 0 Å². The summed E-state index contributed by atoms with van der Waals surface area (Å²) in [7, 11) is 4.32. The van der Waals surface area contributed by atoms with Crippen molar-refractivity contribution in [3.8, 4) is 0 Å². The molecule has 0 aromatic rings. The van der Waals surface area contributed by atoms with Crippen LogP contribution in [0.25, 0.3) is 0 Å². The summed E-state index contributed by atoms with van der Waals surface area (Å²) in [6.07, 6.45) is 44.1. The van der Waals surface area contributed by atoms with E-state index in [9.17, 15) is 9.59 Å². The maximum Gasteiger partial charge on any atom is 0.307 e. The van der Waals surface area contributed by atoms with Crippen LogP contribution in [0.2, 0.25) is 0 Å². The molecule has 0 saturated carbocycles. The van der Waals surface area contributed by atoms with Gasteiger partial charge in [-0.15, -0.1) is 0 Å². The molecule has 0 aromatic carbocycles. The van der Waals surface area contributed by atoms with Crippen LogP contribution in [0, 0.1) is 0 Å². The van der Waals surface area contributed by atoms with E-state index in [-0.39, 0.29) is 24.1 Å². The van der Waals surface area contributed by atoms with Gasteiger partial charge in [-0.1, -0.05) is 182 Å². The van der Waals surface area contributed by atoms with Crippen LogP contribution in [0.4, 0.5) is 0 Å². The summed E-state index contributed by atoms with van der Waals surface area (Å²) in [5.74, 6) is -0.00112. The van der Waals surface area contributed by atoms with Crippen molar-refractivity contribution < 1.29 is 19.1 Å². The van der Waals surface area contributed by atoms with Gasteiger partial charge in [-0.3, -0.25) is 9.59 Å². The largest absolute Gasteiger partial charge is 0.462 e. The average Bonchev–Trinajstić information content (AvgIpc) is 3.29. The fraction of sp³-hybridized carbons (Fsp3) is 0.964. The minimum Gasteiger partial charge on any atom is -0.462 e. The van der Waals surface area contributed by atoms with Crippen LogP contribution in [0.3, 0.4) is 0 Å². The monoisotopic (exact) mass is 905 g/mol. The van der Waals surface area contributed by atoms with Crippen LogP contribution >= 0.6 is 0 Å². The molecule has 1 saturated heterocycles. The van der Waals surface area contributed by atoms with E-state index in [2.05, 4.69) is 61.4 Å². The molecule has 0 bridgehead atoms. The number of carbonyl (C=O) groups is 2. The number of rotatable bonds is 48. The highest BCUT2D eigenvalue weighted by atomic mass is 16.5. The van der Waals surface area contributed by atoms with Crippen molar-refractivity contribution in [3.05, 3.63) is 0 Å².